The molecule has 0 atom stereocenters. The Morgan fingerprint density at radius 1 is 0.833 bits per heavy atom. The summed E-state index contributed by atoms with van der Waals surface area (Å²) in [4.78, 5) is 17.6. The Morgan fingerprint density at radius 2 is 1.57 bits per heavy atom. The van der Waals surface area contributed by atoms with Crippen molar-refractivity contribution in [3.8, 4) is 17.1 Å². The Hall–Kier alpha value is -3.73. The van der Waals surface area contributed by atoms with Gasteiger partial charge in [0.25, 0.3) is 5.91 Å². The number of amides is 1. The van der Waals surface area contributed by atoms with Gasteiger partial charge in [-0.15, -0.1) is 5.10 Å². The van der Waals surface area contributed by atoms with E-state index in [4.69, 9.17) is 0 Å². The number of aromatic nitrogens is 3. The molecule has 5 heteroatoms. The lowest BCUT2D eigenvalue weighted by Gasteiger charge is -2.08. The fourth-order valence-corrected chi connectivity index (χ4v) is 3.27. The minimum Gasteiger partial charge on any atom is -0.319 e. The van der Waals surface area contributed by atoms with Gasteiger partial charge in [0.2, 0.25) is 5.82 Å². The summed E-state index contributed by atoms with van der Waals surface area (Å²) in [5.74, 6) is 0.432. The lowest BCUT2D eigenvalue weighted by atomic mass is 10.1. The molecule has 0 aliphatic rings. The highest BCUT2D eigenvalue weighted by Gasteiger charge is 2.19. The molecule has 1 amide bonds. The first-order chi connectivity index (χ1) is 14.4. The van der Waals surface area contributed by atoms with Gasteiger partial charge in [0.05, 0.1) is 5.69 Å². The molecular formula is C25H24N4O. The van der Waals surface area contributed by atoms with Gasteiger partial charge in [-0.2, -0.15) is 0 Å². The maximum absolute atomic E-state index is 13.0. The van der Waals surface area contributed by atoms with Crippen molar-refractivity contribution < 1.29 is 4.79 Å². The highest BCUT2D eigenvalue weighted by Crippen LogP contribution is 2.23. The van der Waals surface area contributed by atoms with Crippen LogP contribution >= 0.6 is 0 Å². The predicted molar refractivity (Wildman–Crippen MR) is 120 cm³/mol. The number of benzene rings is 3. The highest BCUT2D eigenvalue weighted by atomic mass is 16.2. The Morgan fingerprint density at radius 3 is 2.30 bits per heavy atom. The fraction of sp³-hybridized carbons (Fsp3) is 0.160. The molecule has 0 bridgehead atoms. The normalized spacial score (nSPS) is 10.8. The number of carbonyl (C=O) groups excluding carboxylic acids is 1. The van der Waals surface area contributed by atoms with Crippen LogP contribution in [0.3, 0.4) is 0 Å². The second-order valence-electron chi connectivity index (χ2n) is 7.58. The van der Waals surface area contributed by atoms with Gasteiger partial charge in [0, 0.05) is 11.3 Å². The van der Waals surface area contributed by atoms with Crippen LogP contribution in [-0.2, 0) is 0 Å². The van der Waals surface area contributed by atoms with Crippen LogP contribution in [0.5, 0.6) is 0 Å². The minimum absolute atomic E-state index is 0.132. The van der Waals surface area contributed by atoms with E-state index in [1.807, 2.05) is 68.4 Å². The van der Waals surface area contributed by atoms with Gasteiger partial charge in [-0.05, 0) is 68.1 Å². The summed E-state index contributed by atoms with van der Waals surface area (Å²) in [6.07, 6.45) is 0. The number of hydrogen-bond donors (Lipinski definition) is 1. The Labute approximate surface area is 176 Å². The van der Waals surface area contributed by atoms with Crippen LogP contribution in [0.1, 0.15) is 32.9 Å². The zero-order valence-corrected chi connectivity index (χ0v) is 17.6. The van der Waals surface area contributed by atoms with E-state index in [2.05, 4.69) is 41.4 Å². The van der Waals surface area contributed by atoms with Crippen molar-refractivity contribution in [3.63, 3.8) is 0 Å². The zero-order valence-electron chi connectivity index (χ0n) is 17.6. The third-order valence-electron chi connectivity index (χ3n) is 5.22. The quantitative estimate of drug-likeness (QED) is 0.501. The van der Waals surface area contributed by atoms with Crippen LogP contribution in [0.4, 0.5) is 5.69 Å². The molecule has 4 rings (SSSR count). The predicted octanol–water partition coefficient (Wildman–Crippen LogP) is 5.42. The summed E-state index contributed by atoms with van der Waals surface area (Å²) in [5, 5.41) is 7.52. The molecule has 5 nitrogen and oxygen atoms in total. The van der Waals surface area contributed by atoms with Crippen LogP contribution in [0, 0.1) is 27.7 Å². The lowest BCUT2D eigenvalue weighted by molar-refractivity contribution is 0.101. The Balaban J connectivity index is 1.78. The number of rotatable bonds is 4. The molecule has 1 aromatic heterocycles. The standard InChI is InChI=1S/C25H24N4O/c1-16-10-11-18(3)22(14-16)26-25(30)23-27-24(20-8-6-5-7-9-20)29(28-23)21-13-12-17(2)19(4)15-21/h5-15H,1-4H3,(H,26,30). The van der Waals surface area contributed by atoms with E-state index >= 15 is 0 Å². The van der Waals surface area contributed by atoms with E-state index in [9.17, 15) is 4.79 Å². The number of hydrogen-bond acceptors (Lipinski definition) is 3. The van der Waals surface area contributed by atoms with Crippen LogP contribution in [0.15, 0.2) is 66.7 Å². The molecule has 1 N–H and O–H groups in total. The molecular weight excluding hydrogens is 372 g/mol. The van der Waals surface area contributed by atoms with Gasteiger partial charge in [-0.1, -0.05) is 48.5 Å². The Kier molecular flexibility index (Phi) is 5.19. The molecule has 0 unspecified atom stereocenters. The average molecular weight is 396 g/mol. The van der Waals surface area contributed by atoms with Crippen LogP contribution < -0.4 is 5.32 Å². The first kappa shape index (κ1) is 19.6. The third kappa shape index (κ3) is 3.87. The molecule has 0 aliphatic heterocycles. The summed E-state index contributed by atoms with van der Waals surface area (Å²) in [5.41, 5.74) is 6.96. The van der Waals surface area contributed by atoms with E-state index in [1.54, 1.807) is 4.68 Å². The average Bonchev–Trinajstić information content (AvgIpc) is 3.19. The van der Waals surface area contributed by atoms with Crippen molar-refractivity contribution >= 4 is 11.6 Å². The molecule has 0 saturated carbocycles. The monoisotopic (exact) mass is 396 g/mol. The van der Waals surface area contributed by atoms with E-state index in [0.717, 1.165) is 33.6 Å². The van der Waals surface area contributed by atoms with E-state index in [1.165, 1.54) is 5.56 Å². The van der Waals surface area contributed by atoms with Crippen molar-refractivity contribution in [1.29, 1.82) is 0 Å². The zero-order chi connectivity index (χ0) is 21.3. The number of nitrogens with one attached hydrogen (secondary N) is 1. The van der Waals surface area contributed by atoms with Crippen molar-refractivity contribution in [2.45, 2.75) is 27.7 Å². The van der Waals surface area contributed by atoms with Gasteiger partial charge in [0.1, 0.15) is 0 Å². The highest BCUT2D eigenvalue weighted by molar-refractivity contribution is 6.02. The molecule has 30 heavy (non-hydrogen) atoms. The second-order valence-corrected chi connectivity index (χ2v) is 7.58. The first-order valence-electron chi connectivity index (χ1n) is 9.91. The van der Waals surface area contributed by atoms with Gasteiger partial charge < -0.3 is 5.32 Å². The smallest absolute Gasteiger partial charge is 0.295 e. The third-order valence-corrected chi connectivity index (χ3v) is 5.22. The topological polar surface area (TPSA) is 59.8 Å². The minimum atomic E-state index is -0.330. The lowest BCUT2D eigenvalue weighted by Crippen LogP contribution is -2.15. The van der Waals surface area contributed by atoms with E-state index < -0.39 is 0 Å². The van der Waals surface area contributed by atoms with E-state index in [-0.39, 0.29) is 11.7 Å². The van der Waals surface area contributed by atoms with Crippen LogP contribution in [0.25, 0.3) is 17.1 Å². The molecule has 150 valence electrons. The van der Waals surface area contributed by atoms with Gasteiger partial charge >= 0.3 is 0 Å². The van der Waals surface area contributed by atoms with Gasteiger partial charge in [-0.25, -0.2) is 9.67 Å². The number of anilines is 1. The van der Waals surface area contributed by atoms with Crippen LogP contribution in [0.2, 0.25) is 0 Å². The summed E-state index contributed by atoms with van der Waals surface area (Å²) in [7, 11) is 0. The maximum Gasteiger partial charge on any atom is 0.295 e. The summed E-state index contributed by atoms with van der Waals surface area (Å²) in [6.45, 7) is 8.09. The number of carbonyl (C=O) groups is 1. The van der Waals surface area contributed by atoms with Gasteiger partial charge in [0.15, 0.2) is 5.82 Å². The van der Waals surface area contributed by atoms with Crippen molar-refractivity contribution in [3.05, 3.63) is 94.8 Å². The molecule has 4 aromatic rings. The molecule has 3 aromatic carbocycles. The molecule has 0 radical (unpaired) electrons. The largest absolute Gasteiger partial charge is 0.319 e. The Bertz CT molecular complexity index is 1230. The molecule has 0 fully saturated rings. The number of nitrogens with zero attached hydrogens (tertiary/aromatic N) is 3. The van der Waals surface area contributed by atoms with Crippen molar-refractivity contribution in [2.75, 3.05) is 5.32 Å². The summed E-state index contributed by atoms with van der Waals surface area (Å²) in [6, 6.07) is 21.8. The molecule has 0 aliphatic carbocycles. The first-order valence-corrected chi connectivity index (χ1v) is 9.91. The van der Waals surface area contributed by atoms with Crippen molar-refractivity contribution in [1.82, 2.24) is 14.8 Å². The van der Waals surface area contributed by atoms with Crippen molar-refractivity contribution in [2.24, 2.45) is 0 Å². The van der Waals surface area contributed by atoms with Crippen LogP contribution in [-0.4, -0.2) is 20.7 Å². The SMILES string of the molecule is Cc1ccc(C)c(NC(=O)c2nc(-c3ccccc3)n(-c3ccc(C)c(C)c3)n2)c1. The van der Waals surface area contributed by atoms with Gasteiger partial charge in [-0.3, -0.25) is 4.79 Å². The number of aryl methyl sites for hydroxylation is 4. The molecule has 0 saturated heterocycles. The molecule has 0 spiro atoms. The fourth-order valence-electron chi connectivity index (χ4n) is 3.27. The maximum atomic E-state index is 13.0. The summed E-state index contributed by atoms with van der Waals surface area (Å²) < 4.78 is 1.74. The molecule has 1 heterocycles. The second kappa shape index (κ2) is 7.95. The van der Waals surface area contributed by atoms with E-state index in [0.29, 0.717) is 5.82 Å². The summed E-state index contributed by atoms with van der Waals surface area (Å²) >= 11 is 0.